The Morgan fingerprint density at radius 2 is 2.22 bits per heavy atom. The molecule has 1 amide bonds. The minimum atomic E-state index is -0.568. The lowest BCUT2D eigenvalue weighted by atomic mass is 9.99. The number of rotatable bonds is 3. The number of benzene rings is 1. The van der Waals surface area contributed by atoms with Gasteiger partial charge in [0, 0.05) is 5.56 Å². The molecule has 0 saturated heterocycles. The highest BCUT2D eigenvalue weighted by molar-refractivity contribution is 5.99. The summed E-state index contributed by atoms with van der Waals surface area (Å²) in [5.41, 5.74) is 13.7. The van der Waals surface area contributed by atoms with Gasteiger partial charge in [0.2, 0.25) is 0 Å². The molecule has 18 heavy (non-hydrogen) atoms. The van der Waals surface area contributed by atoms with Crippen molar-refractivity contribution in [3.8, 4) is 5.75 Å². The predicted octanol–water partition coefficient (Wildman–Crippen LogP) is 1.30. The Morgan fingerprint density at radius 3 is 2.78 bits per heavy atom. The summed E-state index contributed by atoms with van der Waals surface area (Å²) < 4.78 is 10.2. The van der Waals surface area contributed by atoms with E-state index in [-0.39, 0.29) is 5.56 Å². The monoisotopic (exact) mass is 246 g/mol. The highest BCUT2D eigenvalue weighted by Crippen LogP contribution is 2.34. The number of carbonyl (C=O) groups excluding carboxylic acids is 1. The lowest BCUT2D eigenvalue weighted by molar-refractivity contribution is 0.0997. The van der Waals surface area contributed by atoms with E-state index in [4.69, 9.17) is 20.9 Å². The first-order valence-electron chi connectivity index (χ1n) is 5.40. The molecule has 0 saturated carbocycles. The molecule has 0 fully saturated rings. The van der Waals surface area contributed by atoms with Gasteiger partial charge in [-0.2, -0.15) is 0 Å². The van der Waals surface area contributed by atoms with Crippen molar-refractivity contribution < 1.29 is 14.3 Å². The minimum absolute atomic E-state index is 0.274. The Kier molecular flexibility index (Phi) is 3.23. The van der Waals surface area contributed by atoms with Crippen LogP contribution in [0.3, 0.4) is 0 Å². The standard InChI is InChI=1S/C13H14N2O3/c1-17-12-10(13(15)16)3-2-9(11(12)14)8-4-6-18-7-5-8/h2-6H,7,14H2,1H3,(H2,15,16). The largest absolute Gasteiger partial charge is 0.497 e. The van der Waals surface area contributed by atoms with Crippen molar-refractivity contribution in [2.75, 3.05) is 19.5 Å². The van der Waals surface area contributed by atoms with Gasteiger partial charge in [-0.3, -0.25) is 4.79 Å². The second-order valence-electron chi connectivity index (χ2n) is 3.77. The summed E-state index contributed by atoms with van der Waals surface area (Å²) in [5.74, 6) is -0.262. The Morgan fingerprint density at radius 1 is 1.44 bits per heavy atom. The molecular weight excluding hydrogens is 232 g/mol. The van der Waals surface area contributed by atoms with Gasteiger partial charge in [0.05, 0.1) is 24.6 Å². The molecular formula is C13H14N2O3. The zero-order chi connectivity index (χ0) is 13.1. The van der Waals surface area contributed by atoms with Crippen LogP contribution >= 0.6 is 0 Å². The summed E-state index contributed by atoms with van der Waals surface area (Å²) >= 11 is 0. The van der Waals surface area contributed by atoms with E-state index >= 15 is 0 Å². The van der Waals surface area contributed by atoms with E-state index in [1.165, 1.54) is 7.11 Å². The van der Waals surface area contributed by atoms with Crippen molar-refractivity contribution in [2.24, 2.45) is 5.73 Å². The molecule has 0 aliphatic carbocycles. The molecule has 1 aromatic carbocycles. The molecule has 0 spiro atoms. The average molecular weight is 246 g/mol. The van der Waals surface area contributed by atoms with Crippen molar-refractivity contribution in [2.45, 2.75) is 0 Å². The molecule has 1 aliphatic heterocycles. The molecule has 0 bridgehead atoms. The molecule has 4 N–H and O–H groups in total. The van der Waals surface area contributed by atoms with Crippen molar-refractivity contribution in [3.63, 3.8) is 0 Å². The van der Waals surface area contributed by atoms with Gasteiger partial charge in [-0.05, 0) is 23.8 Å². The molecule has 94 valence electrons. The molecule has 5 nitrogen and oxygen atoms in total. The van der Waals surface area contributed by atoms with E-state index in [1.54, 1.807) is 24.5 Å². The van der Waals surface area contributed by atoms with Gasteiger partial charge < -0.3 is 20.9 Å². The highest BCUT2D eigenvalue weighted by Gasteiger charge is 2.17. The fourth-order valence-electron chi connectivity index (χ4n) is 1.85. The Hall–Kier alpha value is -2.43. The van der Waals surface area contributed by atoms with Crippen molar-refractivity contribution in [1.82, 2.24) is 0 Å². The van der Waals surface area contributed by atoms with E-state index in [1.807, 2.05) is 6.08 Å². The molecule has 1 heterocycles. The third-order valence-corrected chi connectivity index (χ3v) is 2.72. The van der Waals surface area contributed by atoms with Crippen LogP contribution in [0.2, 0.25) is 0 Å². The third kappa shape index (κ3) is 2.02. The van der Waals surface area contributed by atoms with Gasteiger partial charge >= 0.3 is 0 Å². The maximum Gasteiger partial charge on any atom is 0.252 e. The van der Waals surface area contributed by atoms with Gasteiger partial charge in [0.1, 0.15) is 6.61 Å². The van der Waals surface area contributed by atoms with E-state index in [2.05, 4.69) is 0 Å². The lowest BCUT2D eigenvalue weighted by Crippen LogP contribution is -2.14. The second kappa shape index (κ2) is 4.83. The van der Waals surface area contributed by atoms with Gasteiger partial charge in [0.15, 0.2) is 5.75 Å². The topological polar surface area (TPSA) is 87.6 Å². The van der Waals surface area contributed by atoms with Crippen molar-refractivity contribution in [1.29, 1.82) is 0 Å². The lowest BCUT2D eigenvalue weighted by Gasteiger charge is -2.15. The average Bonchev–Trinajstić information content (AvgIpc) is 2.39. The summed E-state index contributed by atoms with van der Waals surface area (Å²) in [4.78, 5) is 11.3. The second-order valence-corrected chi connectivity index (χ2v) is 3.77. The SMILES string of the molecule is COc1c(C(N)=O)ccc(C2=CCOC=C2)c1N. The number of amides is 1. The highest BCUT2D eigenvalue weighted by atomic mass is 16.5. The van der Waals surface area contributed by atoms with Crippen LogP contribution in [0.25, 0.3) is 5.57 Å². The molecule has 5 heteroatoms. The molecule has 2 rings (SSSR count). The summed E-state index contributed by atoms with van der Waals surface area (Å²) in [6.45, 7) is 0.491. The fourth-order valence-corrected chi connectivity index (χ4v) is 1.85. The van der Waals surface area contributed by atoms with E-state index in [0.29, 0.717) is 18.0 Å². The zero-order valence-electron chi connectivity index (χ0n) is 9.97. The Labute approximate surface area is 105 Å². The summed E-state index contributed by atoms with van der Waals surface area (Å²) in [5, 5.41) is 0. The molecule has 0 unspecified atom stereocenters. The number of allylic oxidation sites excluding steroid dienone is 2. The minimum Gasteiger partial charge on any atom is -0.497 e. The number of nitrogens with two attached hydrogens (primary N) is 2. The quantitative estimate of drug-likeness (QED) is 0.787. The van der Waals surface area contributed by atoms with Crippen LogP contribution in [-0.4, -0.2) is 19.6 Å². The van der Waals surface area contributed by atoms with Gasteiger partial charge in [-0.1, -0.05) is 6.07 Å². The van der Waals surface area contributed by atoms with Crippen LogP contribution < -0.4 is 16.2 Å². The molecule has 1 aliphatic rings. The van der Waals surface area contributed by atoms with Crippen LogP contribution in [-0.2, 0) is 4.74 Å². The maximum absolute atomic E-state index is 11.3. The Bertz CT molecular complexity index is 547. The van der Waals surface area contributed by atoms with Gasteiger partial charge in [0.25, 0.3) is 5.91 Å². The molecule has 0 radical (unpaired) electrons. The maximum atomic E-state index is 11.3. The number of anilines is 1. The molecule has 0 atom stereocenters. The van der Waals surface area contributed by atoms with Crippen LogP contribution in [0.5, 0.6) is 5.75 Å². The van der Waals surface area contributed by atoms with E-state index in [9.17, 15) is 4.79 Å². The first-order valence-corrected chi connectivity index (χ1v) is 5.40. The van der Waals surface area contributed by atoms with Crippen LogP contribution in [0, 0.1) is 0 Å². The van der Waals surface area contributed by atoms with Gasteiger partial charge in [-0.15, -0.1) is 0 Å². The third-order valence-electron chi connectivity index (χ3n) is 2.72. The van der Waals surface area contributed by atoms with E-state index < -0.39 is 5.91 Å². The molecule has 1 aromatic rings. The number of primary amides is 1. The first-order chi connectivity index (χ1) is 8.65. The summed E-state index contributed by atoms with van der Waals surface area (Å²) in [7, 11) is 1.45. The normalized spacial score (nSPS) is 13.7. The van der Waals surface area contributed by atoms with Crippen molar-refractivity contribution >= 4 is 17.2 Å². The van der Waals surface area contributed by atoms with Gasteiger partial charge in [-0.25, -0.2) is 0 Å². The Balaban J connectivity index is 2.54. The number of carbonyl (C=O) groups is 1. The van der Waals surface area contributed by atoms with E-state index in [0.717, 1.165) is 11.1 Å². The number of ether oxygens (including phenoxy) is 2. The number of nitrogen functional groups attached to an aromatic ring is 1. The fraction of sp³-hybridized carbons (Fsp3) is 0.154. The van der Waals surface area contributed by atoms with Crippen LogP contribution in [0.4, 0.5) is 5.69 Å². The molecule has 0 aromatic heterocycles. The zero-order valence-corrected chi connectivity index (χ0v) is 9.97. The smallest absolute Gasteiger partial charge is 0.252 e. The van der Waals surface area contributed by atoms with Crippen LogP contribution in [0.15, 0.2) is 30.5 Å². The number of methoxy groups -OCH3 is 1. The van der Waals surface area contributed by atoms with Crippen LogP contribution in [0.1, 0.15) is 15.9 Å². The number of hydrogen-bond acceptors (Lipinski definition) is 4. The summed E-state index contributed by atoms with van der Waals surface area (Å²) in [6.07, 6.45) is 5.30. The number of hydrogen-bond donors (Lipinski definition) is 2. The predicted molar refractivity (Wildman–Crippen MR) is 69.0 cm³/mol. The first kappa shape index (κ1) is 12.0. The van der Waals surface area contributed by atoms with Crippen molar-refractivity contribution in [3.05, 3.63) is 41.7 Å². The summed E-state index contributed by atoms with van der Waals surface area (Å²) in [6, 6.07) is 3.36.